The monoisotopic (exact) mass is 396 g/mol. The molecule has 23 heavy (non-hydrogen) atoms. The van der Waals surface area contributed by atoms with Gasteiger partial charge in [0, 0.05) is 21.5 Å². The van der Waals surface area contributed by atoms with E-state index in [1.54, 1.807) is 11.8 Å². The van der Waals surface area contributed by atoms with Crippen molar-refractivity contribution in [3.05, 3.63) is 28.7 Å². The molecule has 3 nitrogen and oxygen atoms in total. The summed E-state index contributed by atoms with van der Waals surface area (Å²) < 4.78 is 1.06. The van der Waals surface area contributed by atoms with E-state index in [9.17, 15) is 4.79 Å². The summed E-state index contributed by atoms with van der Waals surface area (Å²) in [6, 6.07) is 8.79. The predicted octanol–water partition coefficient (Wildman–Crippen LogP) is 3.95. The number of carbonyl (C=O) groups excluding carboxylic acids is 1. The summed E-state index contributed by atoms with van der Waals surface area (Å²) >= 11 is 5.06. The second-order valence-corrected chi connectivity index (χ2v) is 9.26. The molecule has 2 fully saturated rings. The average Bonchev–Trinajstić information content (AvgIpc) is 2.50. The van der Waals surface area contributed by atoms with Gasteiger partial charge in [0.25, 0.3) is 0 Å². The van der Waals surface area contributed by atoms with Gasteiger partial charge in [-0.2, -0.15) is 0 Å². The van der Waals surface area contributed by atoms with E-state index < -0.39 is 0 Å². The lowest BCUT2D eigenvalue weighted by atomic mass is 9.67. The van der Waals surface area contributed by atoms with Crippen LogP contribution < -0.4 is 11.1 Å². The highest BCUT2D eigenvalue weighted by molar-refractivity contribution is 9.10. The number of hydrogen-bond donors (Lipinski definition) is 2. The highest BCUT2D eigenvalue weighted by Crippen LogP contribution is 2.40. The van der Waals surface area contributed by atoms with Crippen LogP contribution in [0.3, 0.4) is 0 Å². The van der Waals surface area contributed by atoms with Crippen molar-refractivity contribution in [2.75, 3.05) is 0 Å². The predicted molar refractivity (Wildman–Crippen MR) is 99.4 cm³/mol. The molecule has 126 valence electrons. The number of benzene rings is 1. The Balaban J connectivity index is 1.58. The Hall–Kier alpha value is -0.520. The van der Waals surface area contributed by atoms with Crippen LogP contribution in [0, 0.1) is 11.8 Å². The number of nitrogens with one attached hydrogen (secondary N) is 1. The van der Waals surface area contributed by atoms with Crippen molar-refractivity contribution in [1.29, 1.82) is 0 Å². The molecule has 3 unspecified atom stereocenters. The molecule has 0 aromatic heterocycles. The Labute approximate surface area is 151 Å². The van der Waals surface area contributed by atoms with E-state index in [-0.39, 0.29) is 11.2 Å². The fourth-order valence-corrected chi connectivity index (χ4v) is 5.22. The average molecular weight is 397 g/mol. The third-order valence-corrected chi connectivity index (χ3v) is 6.82. The second kappa shape index (κ2) is 7.58. The maximum absolute atomic E-state index is 12.6. The molecule has 2 aliphatic rings. The maximum Gasteiger partial charge on any atom is 0.233 e. The van der Waals surface area contributed by atoms with Crippen LogP contribution in [-0.4, -0.2) is 23.2 Å². The van der Waals surface area contributed by atoms with E-state index in [1.807, 2.05) is 31.2 Å². The largest absolute Gasteiger partial charge is 0.352 e. The van der Waals surface area contributed by atoms with E-state index in [4.69, 9.17) is 5.73 Å². The summed E-state index contributed by atoms with van der Waals surface area (Å²) in [6.07, 6.45) is 5.84. The van der Waals surface area contributed by atoms with E-state index >= 15 is 0 Å². The summed E-state index contributed by atoms with van der Waals surface area (Å²) in [6.45, 7) is 1.99. The number of thioether (sulfide) groups is 1. The fraction of sp³-hybridized carbons (Fsp3) is 0.611. The van der Waals surface area contributed by atoms with Crippen molar-refractivity contribution in [3.63, 3.8) is 0 Å². The Morgan fingerprint density at radius 2 is 1.87 bits per heavy atom. The van der Waals surface area contributed by atoms with Crippen LogP contribution in [0.4, 0.5) is 0 Å². The Morgan fingerprint density at radius 1 is 1.26 bits per heavy atom. The van der Waals surface area contributed by atoms with Crippen LogP contribution in [0.5, 0.6) is 0 Å². The van der Waals surface area contributed by atoms with Crippen LogP contribution in [0.2, 0.25) is 0 Å². The number of fused-ring (bicyclic) bond motifs is 2. The molecule has 1 amide bonds. The van der Waals surface area contributed by atoms with Crippen LogP contribution in [0.15, 0.2) is 33.6 Å². The van der Waals surface area contributed by atoms with E-state index in [2.05, 4.69) is 21.2 Å². The minimum Gasteiger partial charge on any atom is -0.352 e. The second-order valence-electron chi connectivity index (χ2n) is 6.93. The SMILES string of the molecule is CC(Sc1ccc(Br)cc1)C(=O)NC1C2CCCC1CC(N)C2. The number of amides is 1. The van der Waals surface area contributed by atoms with Crippen LogP contribution in [0.1, 0.15) is 39.0 Å². The quantitative estimate of drug-likeness (QED) is 0.757. The zero-order valence-corrected chi connectivity index (χ0v) is 15.9. The first-order chi connectivity index (χ1) is 11.0. The van der Waals surface area contributed by atoms with Gasteiger partial charge >= 0.3 is 0 Å². The third kappa shape index (κ3) is 4.31. The first kappa shape index (κ1) is 17.3. The lowest BCUT2D eigenvalue weighted by Gasteiger charge is -2.45. The Kier molecular flexibility index (Phi) is 5.70. The van der Waals surface area contributed by atoms with Gasteiger partial charge < -0.3 is 11.1 Å². The minimum atomic E-state index is -0.0764. The lowest BCUT2D eigenvalue weighted by molar-refractivity contribution is -0.122. The van der Waals surface area contributed by atoms with E-state index in [0.29, 0.717) is 23.9 Å². The molecule has 5 heteroatoms. The summed E-state index contributed by atoms with van der Waals surface area (Å²) in [5.41, 5.74) is 6.17. The molecule has 3 atom stereocenters. The summed E-state index contributed by atoms with van der Waals surface area (Å²) in [4.78, 5) is 13.7. The highest BCUT2D eigenvalue weighted by Gasteiger charge is 2.40. The molecule has 0 heterocycles. The normalized spacial score (nSPS) is 31.4. The van der Waals surface area contributed by atoms with Gasteiger partial charge in [-0.05, 0) is 68.7 Å². The van der Waals surface area contributed by atoms with Crippen LogP contribution >= 0.6 is 27.7 Å². The molecular formula is C18H25BrN2OS. The van der Waals surface area contributed by atoms with Gasteiger partial charge in [-0.1, -0.05) is 22.4 Å². The molecule has 0 aliphatic heterocycles. The molecule has 0 spiro atoms. The van der Waals surface area contributed by atoms with Crippen molar-refractivity contribution in [3.8, 4) is 0 Å². The van der Waals surface area contributed by atoms with Crippen molar-refractivity contribution in [2.24, 2.45) is 17.6 Å². The summed E-state index contributed by atoms with van der Waals surface area (Å²) in [7, 11) is 0. The van der Waals surface area contributed by atoms with Crippen LogP contribution in [0.25, 0.3) is 0 Å². The standard InChI is InChI=1S/C18H25BrN2OS/c1-11(23-16-7-5-14(19)6-8-16)18(22)21-17-12-3-2-4-13(17)10-15(20)9-12/h5-8,11-13,15,17H,2-4,9-10,20H2,1H3,(H,21,22). The van der Waals surface area contributed by atoms with Gasteiger partial charge in [0.1, 0.15) is 0 Å². The van der Waals surface area contributed by atoms with Crippen molar-refractivity contribution < 1.29 is 4.79 Å². The first-order valence-corrected chi connectivity index (χ1v) is 10.2. The van der Waals surface area contributed by atoms with Gasteiger partial charge in [-0.25, -0.2) is 0 Å². The molecule has 1 aromatic rings. The zero-order chi connectivity index (χ0) is 16.4. The lowest BCUT2D eigenvalue weighted by Crippen LogP contribution is -2.54. The molecule has 3 rings (SSSR count). The maximum atomic E-state index is 12.6. The topological polar surface area (TPSA) is 55.1 Å². The third-order valence-electron chi connectivity index (χ3n) is 5.18. The summed E-state index contributed by atoms with van der Waals surface area (Å²) in [5.74, 6) is 1.31. The number of halogens is 1. The molecular weight excluding hydrogens is 372 g/mol. The Morgan fingerprint density at radius 3 is 2.48 bits per heavy atom. The van der Waals surface area contributed by atoms with Gasteiger partial charge in [-0.15, -0.1) is 11.8 Å². The van der Waals surface area contributed by atoms with Crippen molar-refractivity contribution in [1.82, 2.24) is 5.32 Å². The summed E-state index contributed by atoms with van der Waals surface area (Å²) in [5, 5.41) is 3.27. The van der Waals surface area contributed by atoms with Crippen molar-refractivity contribution >= 4 is 33.6 Å². The molecule has 2 aliphatic carbocycles. The molecule has 0 saturated heterocycles. The van der Waals surface area contributed by atoms with Gasteiger partial charge in [0.15, 0.2) is 0 Å². The highest BCUT2D eigenvalue weighted by atomic mass is 79.9. The number of nitrogens with two attached hydrogens (primary N) is 1. The van der Waals surface area contributed by atoms with Crippen LogP contribution in [-0.2, 0) is 4.79 Å². The number of hydrogen-bond acceptors (Lipinski definition) is 3. The molecule has 2 bridgehead atoms. The van der Waals surface area contributed by atoms with Gasteiger partial charge in [0.05, 0.1) is 5.25 Å². The van der Waals surface area contributed by atoms with Crippen molar-refractivity contribution in [2.45, 2.75) is 61.3 Å². The van der Waals surface area contributed by atoms with Gasteiger partial charge in [0.2, 0.25) is 5.91 Å². The molecule has 1 aromatic carbocycles. The van der Waals surface area contributed by atoms with Gasteiger partial charge in [-0.3, -0.25) is 4.79 Å². The minimum absolute atomic E-state index is 0.0764. The zero-order valence-electron chi connectivity index (χ0n) is 13.5. The molecule has 0 radical (unpaired) electrons. The number of carbonyl (C=O) groups is 1. The Bertz CT molecular complexity index is 536. The fourth-order valence-electron chi connectivity index (χ4n) is 4.08. The smallest absolute Gasteiger partial charge is 0.233 e. The molecule has 2 saturated carbocycles. The number of rotatable bonds is 4. The van der Waals surface area contributed by atoms with E-state index in [1.165, 1.54) is 19.3 Å². The van der Waals surface area contributed by atoms with E-state index in [0.717, 1.165) is 22.2 Å². The first-order valence-electron chi connectivity index (χ1n) is 8.51. The molecule has 3 N–H and O–H groups in total.